The monoisotopic (exact) mass is 370 g/mol. The fourth-order valence-corrected chi connectivity index (χ4v) is 5.29. The smallest absolute Gasteiger partial charge is 0.126 e. The molecule has 0 spiro atoms. The molecule has 0 amide bonds. The molecule has 0 saturated heterocycles. The average Bonchev–Trinajstić information content (AvgIpc) is 2.70. The van der Waals surface area contributed by atoms with E-state index >= 15 is 0 Å². The van der Waals surface area contributed by atoms with Gasteiger partial charge in [-0.05, 0) is 86.8 Å². The minimum absolute atomic E-state index is 0.0597. The molecule has 2 aliphatic carbocycles. The maximum absolute atomic E-state index is 13.7. The number of halogens is 1. The van der Waals surface area contributed by atoms with Gasteiger partial charge in [-0.25, -0.2) is 4.39 Å². The highest BCUT2D eigenvalue weighted by atomic mass is 19.1. The summed E-state index contributed by atoms with van der Waals surface area (Å²) < 4.78 is 13.7. The summed E-state index contributed by atoms with van der Waals surface area (Å²) in [4.78, 5) is 0. The largest absolute Gasteiger partial charge is 0.207 e. The Morgan fingerprint density at radius 1 is 0.963 bits per heavy atom. The summed E-state index contributed by atoms with van der Waals surface area (Å²) in [6, 6.07) is 5.72. The molecule has 1 unspecified atom stereocenters. The Morgan fingerprint density at radius 2 is 1.78 bits per heavy atom. The van der Waals surface area contributed by atoms with Gasteiger partial charge in [-0.3, -0.25) is 0 Å². The van der Waals surface area contributed by atoms with Gasteiger partial charge in [0.15, 0.2) is 0 Å². The molecule has 1 atom stereocenters. The molecule has 1 aromatic rings. The van der Waals surface area contributed by atoms with Crippen molar-refractivity contribution in [2.45, 2.75) is 97.3 Å². The molecule has 0 radical (unpaired) electrons. The predicted molar refractivity (Wildman–Crippen MR) is 114 cm³/mol. The zero-order chi connectivity index (χ0) is 19.1. The van der Waals surface area contributed by atoms with Crippen LogP contribution in [0.5, 0.6) is 0 Å². The van der Waals surface area contributed by atoms with Crippen molar-refractivity contribution >= 4 is 0 Å². The van der Waals surface area contributed by atoms with E-state index in [0.29, 0.717) is 0 Å². The van der Waals surface area contributed by atoms with Crippen LogP contribution in [0.25, 0.3) is 0 Å². The summed E-state index contributed by atoms with van der Waals surface area (Å²) in [5.41, 5.74) is 3.50. The van der Waals surface area contributed by atoms with Crippen molar-refractivity contribution in [3.63, 3.8) is 0 Å². The highest BCUT2D eigenvalue weighted by Crippen LogP contribution is 2.41. The van der Waals surface area contributed by atoms with Crippen LogP contribution in [0.2, 0.25) is 0 Å². The lowest BCUT2D eigenvalue weighted by Crippen LogP contribution is -2.23. The Morgan fingerprint density at radius 3 is 2.44 bits per heavy atom. The van der Waals surface area contributed by atoms with E-state index in [1.165, 1.54) is 70.6 Å². The number of hydrogen-bond donors (Lipinski definition) is 0. The lowest BCUT2D eigenvalue weighted by molar-refractivity contribution is 0.185. The van der Waals surface area contributed by atoms with E-state index in [-0.39, 0.29) is 5.82 Å². The van der Waals surface area contributed by atoms with E-state index < -0.39 is 0 Å². The van der Waals surface area contributed by atoms with Gasteiger partial charge in [0.25, 0.3) is 0 Å². The zero-order valence-electron chi connectivity index (χ0n) is 17.6. The number of aryl methyl sites for hydroxylation is 2. The average molecular weight is 371 g/mol. The van der Waals surface area contributed by atoms with Gasteiger partial charge in [0, 0.05) is 0 Å². The first-order chi connectivity index (χ1) is 13.2. The quantitative estimate of drug-likeness (QED) is 0.320. The van der Waals surface area contributed by atoms with Crippen LogP contribution < -0.4 is 0 Å². The third-order valence-electron chi connectivity index (χ3n) is 7.29. The maximum atomic E-state index is 13.7. The normalized spacial score (nSPS) is 26.0. The minimum Gasteiger partial charge on any atom is -0.207 e. The minimum atomic E-state index is -0.0597. The molecule has 0 aliphatic heterocycles. The fourth-order valence-electron chi connectivity index (χ4n) is 5.29. The van der Waals surface area contributed by atoms with Crippen molar-refractivity contribution in [2.24, 2.45) is 17.8 Å². The number of unbranched alkanes of at least 4 members (excludes halogenated alkanes) is 2. The number of rotatable bonds is 8. The van der Waals surface area contributed by atoms with Gasteiger partial charge >= 0.3 is 0 Å². The van der Waals surface area contributed by atoms with Gasteiger partial charge in [-0.1, -0.05) is 69.2 Å². The van der Waals surface area contributed by atoms with Gasteiger partial charge in [-0.2, -0.15) is 0 Å². The van der Waals surface area contributed by atoms with Crippen molar-refractivity contribution < 1.29 is 4.39 Å². The van der Waals surface area contributed by atoms with Gasteiger partial charge in [-0.15, -0.1) is 0 Å². The van der Waals surface area contributed by atoms with E-state index in [1.807, 2.05) is 13.0 Å². The molecule has 0 nitrogen and oxygen atoms in total. The molecule has 3 rings (SSSR count). The molecule has 1 fully saturated rings. The molecule has 0 heterocycles. The summed E-state index contributed by atoms with van der Waals surface area (Å²) in [6.07, 6.45) is 20.2. The lowest BCUT2D eigenvalue weighted by atomic mass is 9.70. The Kier molecular flexibility index (Phi) is 7.97. The summed E-state index contributed by atoms with van der Waals surface area (Å²) in [5.74, 6) is 2.88. The van der Waals surface area contributed by atoms with Crippen molar-refractivity contribution in [3.8, 4) is 0 Å². The highest BCUT2D eigenvalue weighted by Gasteiger charge is 2.28. The Hall–Kier alpha value is -1.11. The molecule has 1 heteroatoms. The summed E-state index contributed by atoms with van der Waals surface area (Å²) in [7, 11) is 0. The molecule has 0 bridgehead atoms. The van der Waals surface area contributed by atoms with Crippen LogP contribution >= 0.6 is 0 Å². The SMILES string of the molecule is CCCCCC1CCC(C2CC=C(CCc3ccc(C)c(F)c3)CC2)CC1. The van der Waals surface area contributed by atoms with Crippen LogP contribution in [0.15, 0.2) is 29.8 Å². The van der Waals surface area contributed by atoms with E-state index in [9.17, 15) is 4.39 Å². The Bertz CT molecular complexity index is 607. The molecule has 1 aromatic carbocycles. The molecule has 150 valence electrons. The van der Waals surface area contributed by atoms with E-state index in [1.54, 1.807) is 11.6 Å². The molecule has 0 N–H and O–H groups in total. The number of benzene rings is 1. The fraction of sp³-hybridized carbons (Fsp3) is 0.692. The van der Waals surface area contributed by atoms with Crippen LogP contribution in [0.1, 0.15) is 95.1 Å². The molecule has 1 saturated carbocycles. The Labute approximate surface area is 166 Å². The summed E-state index contributed by atoms with van der Waals surface area (Å²) >= 11 is 0. The second kappa shape index (κ2) is 10.4. The van der Waals surface area contributed by atoms with E-state index in [2.05, 4.69) is 19.1 Å². The van der Waals surface area contributed by atoms with Crippen molar-refractivity contribution in [3.05, 3.63) is 46.8 Å². The predicted octanol–water partition coefficient (Wildman–Crippen LogP) is 8.18. The van der Waals surface area contributed by atoms with E-state index in [0.717, 1.165) is 41.7 Å². The molecule has 27 heavy (non-hydrogen) atoms. The van der Waals surface area contributed by atoms with Gasteiger partial charge in [0.05, 0.1) is 0 Å². The van der Waals surface area contributed by atoms with Crippen LogP contribution in [-0.4, -0.2) is 0 Å². The first-order valence-electron chi connectivity index (χ1n) is 11.6. The second-order valence-corrected chi connectivity index (χ2v) is 9.26. The number of hydrogen-bond acceptors (Lipinski definition) is 0. The lowest BCUT2D eigenvalue weighted by Gasteiger charge is -2.35. The number of allylic oxidation sites excluding steroid dienone is 2. The molecule has 2 aliphatic rings. The summed E-state index contributed by atoms with van der Waals surface area (Å²) in [6.45, 7) is 4.14. The van der Waals surface area contributed by atoms with Crippen LogP contribution in [-0.2, 0) is 6.42 Å². The maximum Gasteiger partial charge on any atom is 0.126 e. The third kappa shape index (κ3) is 6.19. The Balaban J connectivity index is 1.39. The van der Waals surface area contributed by atoms with Crippen molar-refractivity contribution in [1.82, 2.24) is 0 Å². The second-order valence-electron chi connectivity index (χ2n) is 9.26. The van der Waals surface area contributed by atoms with Gasteiger partial charge in [0.1, 0.15) is 5.82 Å². The first-order valence-corrected chi connectivity index (χ1v) is 11.6. The zero-order valence-corrected chi connectivity index (χ0v) is 17.6. The first kappa shape index (κ1) is 20.6. The molecular formula is C26H39F. The standard InChI is InChI=1S/C26H39F/c1-3-4-5-6-21-11-15-24(16-12-21)25-17-13-22(14-18-25)9-10-23-8-7-20(2)26(27)19-23/h7-8,13,19,21,24-25H,3-6,9-12,14-18H2,1-2H3. The van der Waals surface area contributed by atoms with Gasteiger partial charge < -0.3 is 0 Å². The topological polar surface area (TPSA) is 0 Å². The van der Waals surface area contributed by atoms with Crippen molar-refractivity contribution in [1.29, 1.82) is 0 Å². The molecular weight excluding hydrogens is 331 g/mol. The molecule has 0 aromatic heterocycles. The van der Waals surface area contributed by atoms with E-state index in [4.69, 9.17) is 0 Å². The van der Waals surface area contributed by atoms with Crippen molar-refractivity contribution in [2.75, 3.05) is 0 Å². The highest BCUT2D eigenvalue weighted by molar-refractivity contribution is 5.24. The van der Waals surface area contributed by atoms with Crippen LogP contribution in [0.3, 0.4) is 0 Å². The van der Waals surface area contributed by atoms with Crippen LogP contribution in [0.4, 0.5) is 4.39 Å². The third-order valence-corrected chi connectivity index (χ3v) is 7.29. The van der Waals surface area contributed by atoms with Gasteiger partial charge in [0.2, 0.25) is 0 Å². The summed E-state index contributed by atoms with van der Waals surface area (Å²) in [5, 5.41) is 0. The van der Waals surface area contributed by atoms with Crippen LogP contribution in [0, 0.1) is 30.5 Å².